The third kappa shape index (κ3) is 11.4. The molecule has 1 aromatic carbocycles. The average molecular weight is 452 g/mol. The zero-order valence-corrected chi connectivity index (χ0v) is 21.2. The molecular formula is C20H33Cl2O2SiTi. The number of phenolic OH excluding ortho intramolecular Hbond substituents is 1. The maximum absolute atomic E-state index is 9.41. The van der Waals surface area contributed by atoms with E-state index in [1.807, 2.05) is 6.07 Å². The summed E-state index contributed by atoms with van der Waals surface area (Å²) in [7, 11) is 0.593. The summed E-state index contributed by atoms with van der Waals surface area (Å²) in [5, 5.41) is 10.9. The topological polar surface area (TPSA) is 29.5 Å². The van der Waals surface area contributed by atoms with E-state index >= 15 is 0 Å². The van der Waals surface area contributed by atoms with Gasteiger partial charge in [-0.15, -0.1) is 31.2 Å². The molecule has 2 rings (SSSR count). The van der Waals surface area contributed by atoms with Gasteiger partial charge < -0.3 is 9.84 Å². The number of allylic oxidation sites excluding steroid dienone is 4. The Kier molecular flexibility index (Phi) is 16.1. The second-order valence-corrected chi connectivity index (χ2v) is 12.7. The van der Waals surface area contributed by atoms with Crippen LogP contribution >= 0.6 is 24.8 Å². The van der Waals surface area contributed by atoms with E-state index < -0.39 is 8.07 Å². The van der Waals surface area contributed by atoms with Crippen LogP contribution in [0.5, 0.6) is 11.5 Å². The van der Waals surface area contributed by atoms with Crippen LogP contribution in [-0.2, 0) is 25.4 Å². The first-order valence-electron chi connectivity index (χ1n) is 8.06. The molecule has 0 spiro atoms. The van der Waals surface area contributed by atoms with E-state index in [4.69, 9.17) is 4.74 Å². The first-order valence-corrected chi connectivity index (χ1v) is 12.7. The van der Waals surface area contributed by atoms with Gasteiger partial charge in [-0.05, 0) is 23.1 Å². The normalized spacial score (nSPS) is 12.3. The first-order chi connectivity index (χ1) is 11.0. The minimum absolute atomic E-state index is 0. The van der Waals surface area contributed by atoms with Gasteiger partial charge in [0.25, 0.3) is 0 Å². The van der Waals surface area contributed by atoms with Crippen molar-refractivity contribution in [2.45, 2.75) is 52.2 Å². The predicted octanol–water partition coefficient (Wildman–Crippen LogP) is 6.06. The van der Waals surface area contributed by atoms with Crippen molar-refractivity contribution in [2.24, 2.45) is 0 Å². The zero-order valence-electron chi connectivity index (χ0n) is 17.0. The Morgan fingerprint density at radius 1 is 1.12 bits per heavy atom. The van der Waals surface area contributed by atoms with Crippen molar-refractivity contribution in [3.63, 3.8) is 0 Å². The van der Waals surface area contributed by atoms with Gasteiger partial charge in [0, 0.05) is 14.1 Å². The van der Waals surface area contributed by atoms with Crippen LogP contribution in [-0.4, -0.2) is 25.1 Å². The van der Waals surface area contributed by atoms with Crippen LogP contribution in [0, 0.1) is 6.08 Å². The van der Waals surface area contributed by atoms with Crippen molar-refractivity contribution in [1.29, 1.82) is 0 Å². The summed E-state index contributed by atoms with van der Waals surface area (Å²) in [5.41, 5.74) is 1.11. The van der Waals surface area contributed by atoms with Crippen LogP contribution in [0.3, 0.4) is 0 Å². The Morgan fingerprint density at radius 3 is 1.96 bits per heavy atom. The van der Waals surface area contributed by atoms with E-state index in [-0.39, 0.29) is 36.0 Å². The molecular weight excluding hydrogens is 419 g/mol. The first kappa shape index (κ1) is 30.4. The second kappa shape index (κ2) is 13.8. The van der Waals surface area contributed by atoms with Gasteiger partial charge in [0.05, 0.1) is 7.11 Å². The van der Waals surface area contributed by atoms with Crippen LogP contribution in [0.2, 0.25) is 19.6 Å². The third-order valence-electron chi connectivity index (χ3n) is 3.50. The number of rotatable bonds is 2. The van der Waals surface area contributed by atoms with Crippen LogP contribution in [0.4, 0.5) is 0 Å². The summed E-state index contributed by atoms with van der Waals surface area (Å²) < 4.78 is 5.07. The number of hydrogen-bond donors (Lipinski definition) is 1. The Balaban J connectivity index is -0.000000361. The fourth-order valence-electron chi connectivity index (χ4n) is 2.05. The molecule has 0 aromatic heterocycles. The van der Waals surface area contributed by atoms with Crippen LogP contribution in [0.1, 0.15) is 32.8 Å². The van der Waals surface area contributed by atoms with Crippen molar-refractivity contribution >= 4 is 37.7 Å². The quantitative estimate of drug-likeness (QED) is 0.437. The van der Waals surface area contributed by atoms with E-state index in [1.54, 1.807) is 39.2 Å². The van der Waals surface area contributed by atoms with E-state index in [2.05, 4.69) is 63.5 Å². The molecule has 2 nitrogen and oxygen atoms in total. The molecule has 0 atom stereocenters. The van der Waals surface area contributed by atoms with Crippen LogP contribution < -0.4 is 4.74 Å². The van der Waals surface area contributed by atoms with Gasteiger partial charge in [-0.1, -0.05) is 40.4 Å². The molecule has 1 aliphatic rings. The third-order valence-corrected chi connectivity index (χ3v) is 5.46. The molecule has 0 aliphatic heterocycles. The predicted molar refractivity (Wildman–Crippen MR) is 119 cm³/mol. The molecule has 0 heterocycles. The van der Waals surface area contributed by atoms with Crippen molar-refractivity contribution < 1.29 is 29.8 Å². The van der Waals surface area contributed by atoms with Gasteiger partial charge >= 0.3 is 24.8 Å². The van der Waals surface area contributed by atoms with Crippen molar-refractivity contribution in [2.75, 3.05) is 7.11 Å². The van der Waals surface area contributed by atoms with Gasteiger partial charge in [0.2, 0.25) is 0 Å². The Morgan fingerprint density at radius 2 is 1.65 bits per heavy atom. The number of methoxy groups -OCH3 is 1. The minimum atomic E-state index is -1.01. The van der Waals surface area contributed by atoms with E-state index in [1.165, 1.54) is 5.20 Å². The molecule has 6 heteroatoms. The summed E-state index contributed by atoms with van der Waals surface area (Å²) in [4.78, 5) is 3.25. The molecule has 0 saturated heterocycles. The van der Waals surface area contributed by atoms with Gasteiger partial charge in [-0.2, -0.15) is 6.08 Å². The molecule has 0 radical (unpaired) electrons. The summed E-state index contributed by atoms with van der Waals surface area (Å²) in [6, 6.07) is 5.32. The summed E-state index contributed by atoms with van der Waals surface area (Å²) in [6.07, 6.45) is 8.82. The van der Waals surface area contributed by atoms with E-state index in [9.17, 15) is 5.11 Å². The maximum atomic E-state index is 9.41. The molecule has 26 heavy (non-hydrogen) atoms. The van der Waals surface area contributed by atoms with Crippen molar-refractivity contribution in [3.05, 3.63) is 47.2 Å². The molecule has 0 amide bonds. The molecule has 1 aromatic rings. The fraction of sp³-hybridized carbons (Fsp3) is 0.450. The summed E-state index contributed by atoms with van der Waals surface area (Å²) in [5.74, 6) is 0.953. The fourth-order valence-corrected chi connectivity index (χ4v) is 3.30. The van der Waals surface area contributed by atoms with E-state index in [0.717, 1.165) is 12.0 Å². The van der Waals surface area contributed by atoms with Gasteiger partial charge in [-0.3, -0.25) is 6.08 Å². The number of ether oxygens (including phenoxy) is 1. The molecule has 0 bridgehead atoms. The summed E-state index contributed by atoms with van der Waals surface area (Å²) in [6.45, 7) is 13.4. The molecule has 1 aliphatic carbocycles. The molecule has 147 valence electrons. The van der Waals surface area contributed by atoms with E-state index in [0.29, 0.717) is 5.75 Å². The number of hydrogen-bond acceptors (Lipinski definition) is 2. The van der Waals surface area contributed by atoms with Crippen LogP contribution in [0.25, 0.3) is 0 Å². The number of halogens is 2. The van der Waals surface area contributed by atoms with Crippen LogP contribution in [0.15, 0.2) is 35.5 Å². The van der Waals surface area contributed by atoms with Gasteiger partial charge in [-0.25, -0.2) is 11.3 Å². The number of phenols is 1. The van der Waals surface area contributed by atoms with Gasteiger partial charge in [0.1, 0.15) is 11.5 Å². The molecule has 1 N–H and O–H groups in total. The second-order valence-electron chi connectivity index (χ2n) is 7.62. The molecule has 0 saturated carbocycles. The zero-order chi connectivity index (χ0) is 19.0. The standard InChI is InChI=1S/C11H16O2.C8H13Si.CH2.2ClH.Ti/c1-11(2,3)8-5-9(12)7-10(6-8)13-4;1-9(2,3)8-6-4-5-7-8;;;;/h5-7,12H,1-4H3;4,6H,5H2,1-3H3;1H2;2*1H;/q;-1;;;;+1. The van der Waals surface area contributed by atoms with Gasteiger partial charge in [0.15, 0.2) is 0 Å². The van der Waals surface area contributed by atoms with Crippen molar-refractivity contribution in [1.82, 2.24) is 0 Å². The number of benzene rings is 1. The Bertz CT molecular complexity index is 588. The molecule has 0 unspecified atom stereocenters. The van der Waals surface area contributed by atoms with Crippen molar-refractivity contribution in [3.8, 4) is 11.5 Å². The Hall–Kier alpha value is -0.319. The molecule has 0 fully saturated rings. The number of aromatic hydroxyl groups is 1. The summed E-state index contributed by atoms with van der Waals surface area (Å²) >= 11 is 1.75. The average Bonchev–Trinajstić information content (AvgIpc) is 3.03. The monoisotopic (exact) mass is 451 g/mol. The SMILES string of the molecule is COc1cc(O)cc(C(C)(C)C)c1.C[Si](C)(C)C1=[C-]CC=C1.Cl.Cl.[CH2]=[Ti+]. The Labute approximate surface area is 184 Å².